The van der Waals surface area contributed by atoms with Gasteiger partial charge in [0, 0.05) is 23.1 Å². The van der Waals surface area contributed by atoms with E-state index in [1.165, 1.54) is 54.3 Å². The number of H-pyrrole nitrogens is 1. The number of aromatic nitrogens is 5. The Balaban J connectivity index is 1.55. The van der Waals surface area contributed by atoms with Crippen molar-refractivity contribution in [2.45, 2.75) is 56.7 Å². The summed E-state index contributed by atoms with van der Waals surface area (Å²) in [7, 11) is 0. The van der Waals surface area contributed by atoms with Crippen LogP contribution in [0.1, 0.15) is 55.2 Å². The van der Waals surface area contributed by atoms with E-state index in [0.717, 1.165) is 25.3 Å². The SMILES string of the molecule is c1ccc2c3c([nH]c2c1)C1Cn2nnnc2C2(CCCCC2)N1CC3. The van der Waals surface area contributed by atoms with Gasteiger partial charge in [0.2, 0.25) is 0 Å². The Morgan fingerprint density at radius 2 is 2.00 bits per heavy atom. The summed E-state index contributed by atoms with van der Waals surface area (Å²) in [5.41, 5.74) is 4.17. The minimum atomic E-state index is 0.0274. The van der Waals surface area contributed by atoms with Crippen molar-refractivity contribution in [1.29, 1.82) is 0 Å². The number of tetrazole rings is 1. The molecule has 4 heterocycles. The number of hydrogen-bond acceptors (Lipinski definition) is 4. The third-order valence-electron chi connectivity index (χ3n) is 6.68. The van der Waals surface area contributed by atoms with E-state index in [2.05, 4.69) is 54.4 Å². The molecule has 1 saturated carbocycles. The Hall–Kier alpha value is -2.21. The quantitative estimate of drug-likeness (QED) is 0.686. The Morgan fingerprint density at radius 1 is 1.12 bits per heavy atom. The van der Waals surface area contributed by atoms with Crippen LogP contribution in [-0.4, -0.2) is 36.6 Å². The van der Waals surface area contributed by atoms with E-state index >= 15 is 0 Å². The van der Waals surface area contributed by atoms with E-state index in [9.17, 15) is 0 Å². The van der Waals surface area contributed by atoms with Crippen molar-refractivity contribution < 1.29 is 0 Å². The molecule has 0 bridgehead atoms. The maximum Gasteiger partial charge on any atom is 0.171 e. The van der Waals surface area contributed by atoms with Crippen LogP contribution in [0.4, 0.5) is 0 Å². The first-order chi connectivity index (χ1) is 12.4. The van der Waals surface area contributed by atoms with Crippen molar-refractivity contribution in [2.75, 3.05) is 6.54 Å². The van der Waals surface area contributed by atoms with Crippen LogP contribution in [-0.2, 0) is 18.5 Å². The van der Waals surface area contributed by atoms with Gasteiger partial charge in [-0.2, -0.15) is 0 Å². The predicted molar refractivity (Wildman–Crippen MR) is 94.0 cm³/mol. The Morgan fingerprint density at radius 3 is 2.92 bits per heavy atom. The van der Waals surface area contributed by atoms with Crippen LogP contribution >= 0.6 is 0 Å². The molecule has 3 aromatic rings. The van der Waals surface area contributed by atoms with Crippen molar-refractivity contribution in [3.8, 4) is 0 Å². The second-order valence-electron chi connectivity index (χ2n) is 7.80. The topological polar surface area (TPSA) is 62.6 Å². The van der Waals surface area contributed by atoms with Gasteiger partial charge in [-0.15, -0.1) is 5.10 Å². The lowest BCUT2D eigenvalue weighted by molar-refractivity contribution is -0.0386. The molecule has 6 rings (SSSR count). The summed E-state index contributed by atoms with van der Waals surface area (Å²) in [6.07, 6.45) is 7.35. The fraction of sp³-hybridized carbons (Fsp3) is 0.526. The van der Waals surface area contributed by atoms with Gasteiger partial charge in [-0.25, -0.2) is 4.68 Å². The molecule has 2 aromatic heterocycles. The van der Waals surface area contributed by atoms with Gasteiger partial charge < -0.3 is 4.98 Å². The van der Waals surface area contributed by atoms with Crippen LogP contribution in [0.3, 0.4) is 0 Å². The van der Waals surface area contributed by atoms with Gasteiger partial charge in [0.15, 0.2) is 5.82 Å². The molecule has 128 valence electrons. The second kappa shape index (κ2) is 4.91. The van der Waals surface area contributed by atoms with Crippen molar-refractivity contribution in [2.24, 2.45) is 0 Å². The zero-order valence-corrected chi connectivity index (χ0v) is 14.3. The summed E-state index contributed by atoms with van der Waals surface area (Å²) in [5, 5.41) is 14.2. The summed E-state index contributed by atoms with van der Waals surface area (Å²) in [6.45, 7) is 1.95. The van der Waals surface area contributed by atoms with Crippen LogP contribution in [0.2, 0.25) is 0 Å². The number of benzene rings is 1. The van der Waals surface area contributed by atoms with Crippen LogP contribution in [0, 0.1) is 0 Å². The largest absolute Gasteiger partial charge is 0.357 e. The summed E-state index contributed by atoms with van der Waals surface area (Å²) in [5.74, 6) is 1.10. The van der Waals surface area contributed by atoms with Gasteiger partial charge in [-0.1, -0.05) is 37.5 Å². The monoisotopic (exact) mass is 334 g/mol. The first-order valence-electron chi connectivity index (χ1n) is 9.50. The lowest BCUT2D eigenvalue weighted by Crippen LogP contribution is -2.57. The van der Waals surface area contributed by atoms with Gasteiger partial charge in [0.25, 0.3) is 0 Å². The minimum Gasteiger partial charge on any atom is -0.357 e. The first-order valence-corrected chi connectivity index (χ1v) is 9.50. The average molecular weight is 334 g/mol. The highest BCUT2D eigenvalue weighted by atomic mass is 15.6. The van der Waals surface area contributed by atoms with Gasteiger partial charge >= 0.3 is 0 Å². The van der Waals surface area contributed by atoms with Crippen molar-refractivity contribution in [3.05, 3.63) is 41.3 Å². The molecule has 0 radical (unpaired) electrons. The average Bonchev–Trinajstić information content (AvgIpc) is 3.27. The molecule has 6 nitrogen and oxygen atoms in total. The number of nitrogens with one attached hydrogen (secondary N) is 1. The van der Waals surface area contributed by atoms with E-state index in [-0.39, 0.29) is 5.54 Å². The van der Waals surface area contributed by atoms with Gasteiger partial charge in [0.05, 0.1) is 18.1 Å². The first kappa shape index (κ1) is 14.0. The summed E-state index contributed by atoms with van der Waals surface area (Å²) in [4.78, 5) is 6.47. The lowest BCUT2D eigenvalue weighted by Gasteiger charge is -2.53. The normalized spacial score (nSPS) is 24.9. The van der Waals surface area contributed by atoms with Crippen molar-refractivity contribution >= 4 is 10.9 Å². The molecule has 1 unspecified atom stereocenters. The van der Waals surface area contributed by atoms with Crippen molar-refractivity contribution in [1.82, 2.24) is 30.1 Å². The van der Waals surface area contributed by atoms with E-state index in [1.54, 1.807) is 0 Å². The van der Waals surface area contributed by atoms with Gasteiger partial charge in [-0.05, 0) is 41.3 Å². The molecule has 0 saturated heterocycles. The fourth-order valence-corrected chi connectivity index (χ4v) is 5.62. The van der Waals surface area contributed by atoms with Crippen LogP contribution in [0.25, 0.3) is 10.9 Å². The smallest absolute Gasteiger partial charge is 0.171 e. The fourth-order valence-electron chi connectivity index (χ4n) is 5.62. The molecule has 0 amide bonds. The van der Waals surface area contributed by atoms with Crippen LogP contribution in [0.5, 0.6) is 0 Å². The maximum absolute atomic E-state index is 4.47. The third-order valence-corrected chi connectivity index (χ3v) is 6.68. The molecule has 1 aromatic carbocycles. The number of aromatic amines is 1. The molecule has 25 heavy (non-hydrogen) atoms. The molecular weight excluding hydrogens is 312 g/mol. The molecule has 1 aliphatic carbocycles. The standard InChI is InChI=1S/C19H22N6/c1-4-9-19(10-5-1)18-21-22-23-25(18)12-16-17-14(8-11-24(16)19)13-6-2-3-7-15(13)20-17/h2-3,6-7,16,20H,1,4-5,8-12H2. The summed E-state index contributed by atoms with van der Waals surface area (Å²) in [6, 6.07) is 9.06. The number of rotatable bonds is 0. The van der Waals surface area contributed by atoms with Gasteiger partial charge in [-0.3, -0.25) is 4.90 Å². The highest BCUT2D eigenvalue weighted by molar-refractivity contribution is 5.85. The second-order valence-corrected chi connectivity index (χ2v) is 7.80. The zero-order valence-electron chi connectivity index (χ0n) is 14.3. The molecule has 3 aliphatic rings. The molecule has 1 spiro atoms. The molecule has 6 heteroatoms. The highest BCUT2D eigenvalue weighted by Crippen LogP contribution is 2.50. The van der Waals surface area contributed by atoms with Gasteiger partial charge in [0.1, 0.15) is 0 Å². The number of fused-ring (bicyclic) bond motifs is 8. The number of nitrogens with zero attached hydrogens (tertiary/aromatic N) is 5. The van der Waals surface area contributed by atoms with E-state index in [0.29, 0.717) is 6.04 Å². The number of para-hydroxylation sites is 1. The zero-order chi connectivity index (χ0) is 16.4. The third kappa shape index (κ3) is 1.75. The van der Waals surface area contributed by atoms with E-state index in [4.69, 9.17) is 0 Å². The summed E-state index contributed by atoms with van der Waals surface area (Å²) >= 11 is 0. The molecular formula is C19H22N6. The minimum absolute atomic E-state index is 0.0274. The van der Waals surface area contributed by atoms with Crippen molar-refractivity contribution in [3.63, 3.8) is 0 Å². The molecule has 1 fully saturated rings. The molecule has 2 aliphatic heterocycles. The maximum atomic E-state index is 4.47. The van der Waals surface area contributed by atoms with Crippen LogP contribution in [0.15, 0.2) is 24.3 Å². The van der Waals surface area contributed by atoms with Crippen LogP contribution < -0.4 is 0 Å². The Labute approximate surface area is 146 Å². The predicted octanol–water partition coefficient (Wildman–Crippen LogP) is 2.93. The Bertz CT molecular complexity index is 948. The summed E-state index contributed by atoms with van der Waals surface area (Å²) < 4.78 is 2.08. The number of hydrogen-bond donors (Lipinski definition) is 1. The molecule has 1 atom stereocenters. The highest BCUT2D eigenvalue weighted by Gasteiger charge is 2.52. The lowest BCUT2D eigenvalue weighted by atomic mass is 9.75. The molecule has 1 N–H and O–H groups in total. The Kier molecular flexibility index (Phi) is 2.75. The van der Waals surface area contributed by atoms with E-state index in [1.807, 2.05) is 0 Å². The van der Waals surface area contributed by atoms with E-state index < -0.39 is 0 Å².